The Balaban J connectivity index is 3.44. The van der Waals surface area contributed by atoms with Gasteiger partial charge in [0, 0.05) is 26.3 Å². The molecule has 0 heterocycles. The number of carbonyl (C=O) groups is 1. The van der Waals surface area contributed by atoms with Gasteiger partial charge < -0.3 is 19.5 Å². The standard InChI is InChI=1S/C16H26N2O6S/c1-7-25(20,21)18(3)13-9-15(24-6)14(23-5)8-12(13)16(19)17-11(2)10-22-4/h8-9,11H,7,10H2,1-6H3,(H,17,19)/t11-/m1/s1. The van der Waals surface area contributed by atoms with E-state index < -0.39 is 15.9 Å². The smallest absolute Gasteiger partial charge is 0.253 e. The van der Waals surface area contributed by atoms with Gasteiger partial charge in [-0.2, -0.15) is 0 Å². The summed E-state index contributed by atoms with van der Waals surface area (Å²) in [5, 5.41) is 2.77. The lowest BCUT2D eigenvalue weighted by atomic mass is 10.1. The second-order valence-electron chi connectivity index (χ2n) is 5.42. The Bertz CT molecular complexity index is 705. The van der Waals surface area contributed by atoms with Crippen LogP contribution in [0.15, 0.2) is 12.1 Å². The normalized spacial score (nSPS) is 12.4. The molecule has 142 valence electrons. The van der Waals surface area contributed by atoms with E-state index in [0.717, 1.165) is 4.31 Å². The van der Waals surface area contributed by atoms with Crippen molar-refractivity contribution in [3.8, 4) is 11.5 Å². The highest BCUT2D eigenvalue weighted by atomic mass is 32.2. The summed E-state index contributed by atoms with van der Waals surface area (Å²) in [5.74, 6) is 0.132. The zero-order valence-electron chi connectivity index (χ0n) is 15.5. The van der Waals surface area contributed by atoms with E-state index in [4.69, 9.17) is 14.2 Å². The number of hydrogen-bond donors (Lipinski definition) is 1. The first-order valence-corrected chi connectivity index (χ1v) is 9.35. The minimum atomic E-state index is -3.56. The minimum Gasteiger partial charge on any atom is -0.493 e. The van der Waals surface area contributed by atoms with E-state index in [1.807, 2.05) is 0 Å². The van der Waals surface area contributed by atoms with Gasteiger partial charge >= 0.3 is 0 Å². The third kappa shape index (κ3) is 4.99. The fourth-order valence-electron chi connectivity index (χ4n) is 2.25. The van der Waals surface area contributed by atoms with Crippen molar-refractivity contribution in [1.82, 2.24) is 5.32 Å². The number of anilines is 1. The summed E-state index contributed by atoms with van der Waals surface area (Å²) < 4.78 is 41.0. The quantitative estimate of drug-likeness (QED) is 0.699. The van der Waals surface area contributed by atoms with Crippen LogP contribution < -0.4 is 19.1 Å². The number of ether oxygens (including phenoxy) is 3. The molecule has 0 aliphatic rings. The van der Waals surface area contributed by atoms with Crippen molar-refractivity contribution < 1.29 is 27.4 Å². The van der Waals surface area contributed by atoms with Gasteiger partial charge in [-0.05, 0) is 19.9 Å². The lowest BCUT2D eigenvalue weighted by molar-refractivity contribution is 0.0906. The second-order valence-corrected chi connectivity index (χ2v) is 7.71. The molecule has 9 heteroatoms. The topological polar surface area (TPSA) is 94.2 Å². The SMILES string of the molecule is CCS(=O)(=O)N(C)c1cc(OC)c(OC)cc1C(=O)N[C@H](C)COC. The van der Waals surface area contributed by atoms with Crippen LogP contribution in [0.25, 0.3) is 0 Å². The van der Waals surface area contributed by atoms with Crippen LogP contribution in [-0.4, -0.2) is 61.1 Å². The van der Waals surface area contributed by atoms with Crippen molar-refractivity contribution in [2.24, 2.45) is 0 Å². The molecule has 0 aliphatic heterocycles. The lowest BCUT2D eigenvalue weighted by Gasteiger charge is -2.23. The number of methoxy groups -OCH3 is 3. The zero-order valence-corrected chi connectivity index (χ0v) is 16.3. The number of nitrogens with zero attached hydrogens (tertiary/aromatic N) is 1. The number of carbonyl (C=O) groups excluding carboxylic acids is 1. The Kier molecular flexibility index (Phi) is 7.50. The Hall–Kier alpha value is -2.00. The molecule has 0 spiro atoms. The van der Waals surface area contributed by atoms with Gasteiger partial charge in [0.1, 0.15) is 0 Å². The predicted octanol–water partition coefficient (Wildman–Crippen LogP) is 1.25. The number of sulfonamides is 1. The highest BCUT2D eigenvalue weighted by molar-refractivity contribution is 7.92. The van der Waals surface area contributed by atoms with Gasteiger partial charge in [-0.25, -0.2) is 8.42 Å². The Morgan fingerprint density at radius 1 is 1.20 bits per heavy atom. The van der Waals surface area contributed by atoms with Crippen molar-refractivity contribution >= 4 is 21.6 Å². The summed E-state index contributed by atoms with van der Waals surface area (Å²) in [5.41, 5.74) is 0.377. The summed E-state index contributed by atoms with van der Waals surface area (Å²) >= 11 is 0. The molecule has 0 fully saturated rings. The summed E-state index contributed by atoms with van der Waals surface area (Å²) in [4.78, 5) is 12.7. The van der Waals surface area contributed by atoms with E-state index in [0.29, 0.717) is 18.1 Å². The van der Waals surface area contributed by atoms with Gasteiger partial charge in [-0.1, -0.05) is 0 Å². The van der Waals surface area contributed by atoms with Gasteiger partial charge in [0.15, 0.2) is 11.5 Å². The number of rotatable bonds is 9. The third-order valence-electron chi connectivity index (χ3n) is 3.66. The van der Waals surface area contributed by atoms with Crippen molar-refractivity contribution in [3.63, 3.8) is 0 Å². The van der Waals surface area contributed by atoms with Crippen molar-refractivity contribution in [2.45, 2.75) is 19.9 Å². The van der Waals surface area contributed by atoms with Crippen molar-refractivity contribution in [2.75, 3.05) is 45.0 Å². The molecule has 1 N–H and O–H groups in total. The summed E-state index contributed by atoms with van der Waals surface area (Å²) in [6, 6.07) is 2.69. The van der Waals surface area contributed by atoms with E-state index >= 15 is 0 Å². The minimum absolute atomic E-state index is 0.0982. The van der Waals surface area contributed by atoms with E-state index in [1.54, 1.807) is 6.92 Å². The molecule has 1 atom stereocenters. The summed E-state index contributed by atoms with van der Waals surface area (Å²) in [7, 11) is 2.26. The van der Waals surface area contributed by atoms with Crippen molar-refractivity contribution in [3.05, 3.63) is 17.7 Å². The van der Waals surface area contributed by atoms with Gasteiger partial charge in [-0.3, -0.25) is 9.10 Å². The fourth-order valence-corrected chi connectivity index (χ4v) is 3.09. The zero-order chi connectivity index (χ0) is 19.2. The number of nitrogens with one attached hydrogen (secondary N) is 1. The molecule has 1 rings (SSSR count). The maximum absolute atomic E-state index is 12.7. The van der Waals surface area contributed by atoms with Crippen LogP contribution in [0.1, 0.15) is 24.2 Å². The van der Waals surface area contributed by atoms with Crippen LogP contribution in [0.4, 0.5) is 5.69 Å². The lowest BCUT2D eigenvalue weighted by Crippen LogP contribution is -2.37. The average molecular weight is 374 g/mol. The molecule has 0 aromatic heterocycles. The number of amides is 1. The van der Waals surface area contributed by atoms with Crippen LogP contribution in [-0.2, 0) is 14.8 Å². The Labute approximate surface area is 149 Å². The first-order chi connectivity index (χ1) is 11.7. The molecule has 1 aromatic carbocycles. The molecular weight excluding hydrogens is 348 g/mol. The molecule has 25 heavy (non-hydrogen) atoms. The van der Waals surface area contributed by atoms with E-state index in [9.17, 15) is 13.2 Å². The predicted molar refractivity (Wildman–Crippen MR) is 96.2 cm³/mol. The highest BCUT2D eigenvalue weighted by Gasteiger charge is 2.25. The molecular formula is C16H26N2O6S. The second kappa shape index (κ2) is 8.91. The average Bonchev–Trinajstić information content (AvgIpc) is 2.59. The number of benzene rings is 1. The molecule has 0 saturated carbocycles. The molecule has 1 amide bonds. The van der Waals surface area contributed by atoms with E-state index in [2.05, 4.69) is 5.32 Å². The van der Waals surface area contributed by atoms with Crippen LogP contribution in [0, 0.1) is 0 Å². The van der Waals surface area contributed by atoms with E-state index in [1.165, 1.54) is 47.4 Å². The summed E-state index contributed by atoms with van der Waals surface area (Å²) in [6.45, 7) is 3.65. The largest absolute Gasteiger partial charge is 0.493 e. The molecule has 0 radical (unpaired) electrons. The van der Waals surface area contributed by atoms with Crippen molar-refractivity contribution in [1.29, 1.82) is 0 Å². The van der Waals surface area contributed by atoms with Gasteiger partial charge in [0.25, 0.3) is 5.91 Å². The monoisotopic (exact) mass is 374 g/mol. The fraction of sp³-hybridized carbons (Fsp3) is 0.562. The van der Waals surface area contributed by atoms with Gasteiger partial charge in [0.05, 0.1) is 37.8 Å². The Morgan fingerprint density at radius 2 is 1.76 bits per heavy atom. The van der Waals surface area contributed by atoms with Crippen LogP contribution in [0.3, 0.4) is 0 Å². The highest BCUT2D eigenvalue weighted by Crippen LogP contribution is 2.35. The molecule has 0 aliphatic carbocycles. The molecule has 8 nitrogen and oxygen atoms in total. The molecule has 0 unspecified atom stereocenters. The number of hydrogen-bond acceptors (Lipinski definition) is 6. The first kappa shape index (κ1) is 21.0. The molecule has 1 aromatic rings. The van der Waals surface area contributed by atoms with Crippen LogP contribution in [0.2, 0.25) is 0 Å². The van der Waals surface area contributed by atoms with Gasteiger partial charge in [-0.15, -0.1) is 0 Å². The maximum atomic E-state index is 12.7. The van der Waals surface area contributed by atoms with Gasteiger partial charge in [0.2, 0.25) is 10.0 Å². The van der Waals surface area contributed by atoms with Crippen LogP contribution >= 0.6 is 0 Å². The first-order valence-electron chi connectivity index (χ1n) is 7.74. The molecule has 0 saturated heterocycles. The van der Waals surface area contributed by atoms with E-state index in [-0.39, 0.29) is 23.0 Å². The molecule has 0 bridgehead atoms. The third-order valence-corrected chi connectivity index (χ3v) is 5.42. The van der Waals surface area contributed by atoms with Crippen LogP contribution in [0.5, 0.6) is 11.5 Å². The summed E-state index contributed by atoms with van der Waals surface area (Å²) in [6.07, 6.45) is 0. The maximum Gasteiger partial charge on any atom is 0.253 e. The Morgan fingerprint density at radius 3 is 2.24 bits per heavy atom.